The molecule has 1 aliphatic rings. The lowest BCUT2D eigenvalue weighted by Crippen LogP contribution is -2.19. The van der Waals surface area contributed by atoms with Crippen molar-refractivity contribution >= 4 is 0 Å². The van der Waals surface area contributed by atoms with E-state index in [0.717, 1.165) is 6.54 Å². The molecule has 0 spiro atoms. The summed E-state index contributed by atoms with van der Waals surface area (Å²) in [6.07, 6.45) is 0. The van der Waals surface area contributed by atoms with E-state index in [1.807, 2.05) is 0 Å². The van der Waals surface area contributed by atoms with Gasteiger partial charge < -0.3 is 10.4 Å². The van der Waals surface area contributed by atoms with Gasteiger partial charge in [0.25, 0.3) is 0 Å². The highest BCUT2D eigenvalue weighted by Gasteiger charge is 2.63. The number of halogens is 1. The Hall–Kier alpha value is -1.09. The molecule has 0 saturated heterocycles. The molecule has 0 amide bonds. The first-order chi connectivity index (χ1) is 8.26. The van der Waals surface area contributed by atoms with Crippen molar-refractivity contribution in [3.63, 3.8) is 0 Å². The van der Waals surface area contributed by atoms with Gasteiger partial charge in [-0.15, -0.1) is 0 Å². The third-order valence-electron chi connectivity index (χ3n) is 5.03. The van der Waals surface area contributed by atoms with Crippen molar-refractivity contribution < 1.29 is 9.50 Å². The highest BCUT2D eigenvalue weighted by molar-refractivity contribution is 5.32. The average Bonchev–Trinajstić information content (AvgIpc) is 2.65. The molecule has 2 rings (SSSR count). The Balaban J connectivity index is 1.89. The van der Waals surface area contributed by atoms with Crippen LogP contribution >= 0.6 is 0 Å². The Morgan fingerprint density at radius 1 is 1.22 bits per heavy atom. The zero-order valence-corrected chi connectivity index (χ0v) is 11.5. The van der Waals surface area contributed by atoms with Gasteiger partial charge in [-0.3, -0.25) is 0 Å². The van der Waals surface area contributed by atoms with Gasteiger partial charge in [0, 0.05) is 12.1 Å². The first-order valence-electron chi connectivity index (χ1n) is 6.45. The predicted molar refractivity (Wildman–Crippen MR) is 70.8 cm³/mol. The van der Waals surface area contributed by atoms with E-state index in [1.165, 1.54) is 18.2 Å². The molecule has 2 N–H and O–H groups in total. The molecule has 100 valence electrons. The molecule has 0 radical (unpaired) electrons. The van der Waals surface area contributed by atoms with Crippen molar-refractivity contribution in [3.05, 3.63) is 29.6 Å². The molecule has 1 fully saturated rings. The molecule has 0 bridgehead atoms. The monoisotopic (exact) mass is 251 g/mol. The summed E-state index contributed by atoms with van der Waals surface area (Å²) in [5, 5.41) is 12.9. The van der Waals surface area contributed by atoms with Crippen LogP contribution in [-0.2, 0) is 6.54 Å². The molecule has 0 unspecified atom stereocenters. The Kier molecular flexibility index (Phi) is 3.14. The van der Waals surface area contributed by atoms with Crippen molar-refractivity contribution in [3.8, 4) is 5.75 Å². The maximum atomic E-state index is 13.1. The molecule has 1 saturated carbocycles. The SMILES string of the molecule is CC1(C)C(CNCc2cc(F)ccc2O)C1(C)C. The Morgan fingerprint density at radius 2 is 1.83 bits per heavy atom. The van der Waals surface area contributed by atoms with Crippen LogP contribution in [0.25, 0.3) is 0 Å². The van der Waals surface area contributed by atoms with E-state index >= 15 is 0 Å². The first kappa shape index (κ1) is 13.3. The molecule has 0 atom stereocenters. The third kappa shape index (κ3) is 2.12. The largest absolute Gasteiger partial charge is 0.508 e. The molecule has 0 aliphatic heterocycles. The topological polar surface area (TPSA) is 32.3 Å². The number of nitrogens with one attached hydrogen (secondary N) is 1. The lowest BCUT2D eigenvalue weighted by Gasteiger charge is -2.08. The summed E-state index contributed by atoms with van der Waals surface area (Å²) >= 11 is 0. The Morgan fingerprint density at radius 3 is 2.39 bits per heavy atom. The van der Waals surface area contributed by atoms with Crippen LogP contribution in [0.3, 0.4) is 0 Å². The minimum atomic E-state index is -0.309. The van der Waals surface area contributed by atoms with Gasteiger partial charge in [0.1, 0.15) is 11.6 Å². The van der Waals surface area contributed by atoms with Gasteiger partial charge in [0.15, 0.2) is 0 Å². The lowest BCUT2D eigenvalue weighted by molar-refractivity contribution is 0.457. The minimum absolute atomic E-state index is 0.151. The number of benzene rings is 1. The van der Waals surface area contributed by atoms with Crippen LogP contribution < -0.4 is 5.32 Å². The summed E-state index contributed by atoms with van der Waals surface area (Å²) in [5.41, 5.74) is 1.32. The normalized spacial score (nSPS) is 20.9. The fraction of sp³-hybridized carbons (Fsp3) is 0.600. The maximum Gasteiger partial charge on any atom is 0.123 e. The van der Waals surface area contributed by atoms with Crippen molar-refractivity contribution in [2.24, 2.45) is 16.7 Å². The second kappa shape index (κ2) is 4.23. The second-order valence-corrected chi connectivity index (χ2v) is 6.40. The number of hydrogen-bond donors (Lipinski definition) is 2. The van der Waals surface area contributed by atoms with E-state index in [1.54, 1.807) is 0 Å². The van der Waals surface area contributed by atoms with Crippen LogP contribution in [0.2, 0.25) is 0 Å². The standard InChI is InChI=1S/C15H22FNO/c1-14(2)13(15(14,3)4)9-17-8-10-7-11(16)5-6-12(10)18/h5-7,13,17-18H,8-9H2,1-4H3. The molecule has 0 heterocycles. The third-order valence-corrected chi connectivity index (χ3v) is 5.03. The van der Waals surface area contributed by atoms with Gasteiger partial charge in [0.2, 0.25) is 0 Å². The second-order valence-electron chi connectivity index (χ2n) is 6.40. The summed E-state index contributed by atoms with van der Waals surface area (Å²) in [4.78, 5) is 0. The fourth-order valence-electron chi connectivity index (χ4n) is 2.89. The number of aromatic hydroxyl groups is 1. The number of phenolic OH excluding ortho intramolecular Hbond substituents is 1. The van der Waals surface area contributed by atoms with Gasteiger partial charge in [0.05, 0.1) is 0 Å². The molecular formula is C15H22FNO. The van der Waals surface area contributed by atoms with Crippen molar-refractivity contribution in [1.82, 2.24) is 5.32 Å². The molecular weight excluding hydrogens is 229 g/mol. The summed E-state index contributed by atoms with van der Waals surface area (Å²) in [6.45, 7) is 10.5. The van der Waals surface area contributed by atoms with E-state index in [2.05, 4.69) is 33.0 Å². The fourth-order valence-corrected chi connectivity index (χ4v) is 2.89. The lowest BCUT2D eigenvalue weighted by atomic mass is 10.0. The van der Waals surface area contributed by atoms with Crippen LogP contribution in [0, 0.1) is 22.6 Å². The van der Waals surface area contributed by atoms with Crippen LogP contribution in [0.1, 0.15) is 33.3 Å². The van der Waals surface area contributed by atoms with Gasteiger partial charge in [-0.2, -0.15) is 0 Å². The van der Waals surface area contributed by atoms with E-state index in [4.69, 9.17) is 0 Å². The molecule has 3 heteroatoms. The van der Waals surface area contributed by atoms with Crippen LogP contribution in [-0.4, -0.2) is 11.7 Å². The van der Waals surface area contributed by atoms with Gasteiger partial charge in [-0.25, -0.2) is 4.39 Å². The maximum absolute atomic E-state index is 13.1. The van der Waals surface area contributed by atoms with Crippen LogP contribution in [0.5, 0.6) is 5.75 Å². The van der Waals surface area contributed by atoms with Crippen molar-refractivity contribution in [1.29, 1.82) is 0 Å². The summed E-state index contributed by atoms with van der Waals surface area (Å²) in [5.74, 6) is 0.468. The van der Waals surface area contributed by atoms with E-state index in [-0.39, 0.29) is 11.6 Å². The molecule has 0 aromatic heterocycles. The summed E-state index contributed by atoms with van der Waals surface area (Å²) in [6, 6.07) is 4.05. The molecule has 2 nitrogen and oxygen atoms in total. The van der Waals surface area contributed by atoms with Gasteiger partial charge in [-0.05, 0) is 41.5 Å². The van der Waals surface area contributed by atoms with Crippen molar-refractivity contribution in [2.75, 3.05) is 6.54 Å². The number of rotatable bonds is 4. The molecule has 1 aromatic carbocycles. The van der Waals surface area contributed by atoms with E-state index in [0.29, 0.717) is 28.9 Å². The zero-order valence-electron chi connectivity index (χ0n) is 11.5. The molecule has 1 aliphatic carbocycles. The smallest absolute Gasteiger partial charge is 0.123 e. The first-order valence-corrected chi connectivity index (χ1v) is 6.45. The highest BCUT2D eigenvalue weighted by atomic mass is 19.1. The quantitative estimate of drug-likeness (QED) is 0.860. The summed E-state index contributed by atoms with van der Waals surface area (Å²) in [7, 11) is 0. The Labute approximate surface area is 108 Å². The van der Waals surface area contributed by atoms with Gasteiger partial charge >= 0.3 is 0 Å². The predicted octanol–water partition coefficient (Wildman–Crippen LogP) is 3.30. The van der Waals surface area contributed by atoms with Crippen LogP contribution in [0.15, 0.2) is 18.2 Å². The molecule has 18 heavy (non-hydrogen) atoms. The number of phenols is 1. The van der Waals surface area contributed by atoms with Crippen molar-refractivity contribution in [2.45, 2.75) is 34.2 Å². The average molecular weight is 251 g/mol. The minimum Gasteiger partial charge on any atom is -0.508 e. The summed E-state index contributed by atoms with van der Waals surface area (Å²) < 4.78 is 13.1. The number of hydrogen-bond acceptors (Lipinski definition) is 2. The molecule has 1 aromatic rings. The zero-order chi connectivity index (χ0) is 13.6. The van der Waals surface area contributed by atoms with Gasteiger partial charge in [-0.1, -0.05) is 27.7 Å². The van der Waals surface area contributed by atoms with E-state index < -0.39 is 0 Å². The van der Waals surface area contributed by atoms with Crippen LogP contribution in [0.4, 0.5) is 4.39 Å². The highest BCUT2D eigenvalue weighted by Crippen LogP contribution is 2.67. The Bertz CT molecular complexity index is 440. The van der Waals surface area contributed by atoms with E-state index in [9.17, 15) is 9.50 Å².